The van der Waals surface area contributed by atoms with Crippen molar-refractivity contribution in [3.05, 3.63) is 11.8 Å². The minimum Gasteiger partial charge on any atom is -0.462 e. The lowest BCUT2D eigenvalue weighted by atomic mass is 10.2. The molecule has 2 N–H and O–H groups in total. The molecule has 1 aromatic heterocycles. The highest BCUT2D eigenvalue weighted by atomic mass is 32.2. The first-order valence-corrected chi connectivity index (χ1v) is 7.84. The van der Waals surface area contributed by atoms with Gasteiger partial charge in [0.1, 0.15) is 5.56 Å². The van der Waals surface area contributed by atoms with E-state index < -0.39 is 16.0 Å². The molecule has 1 unspecified atom stereocenters. The Labute approximate surface area is 116 Å². The van der Waals surface area contributed by atoms with E-state index in [-0.39, 0.29) is 29.8 Å². The van der Waals surface area contributed by atoms with E-state index in [2.05, 4.69) is 14.9 Å². The smallest absolute Gasteiger partial charge is 0.342 e. The van der Waals surface area contributed by atoms with Crippen LogP contribution in [0, 0.1) is 0 Å². The number of ether oxygens (including phenoxy) is 2. The lowest BCUT2D eigenvalue weighted by Crippen LogP contribution is -2.32. The highest BCUT2D eigenvalue weighted by molar-refractivity contribution is 7.89. The molecule has 0 aliphatic carbocycles. The molecule has 0 bridgehead atoms. The number of aromatic nitrogens is 2. The van der Waals surface area contributed by atoms with E-state index in [0.717, 1.165) is 19.0 Å². The Bertz CT molecular complexity index is 562. The SMILES string of the molecule is CCOC(=O)c1cn[nH]c1S(=O)(=O)NCC1CCCO1. The molecule has 1 fully saturated rings. The van der Waals surface area contributed by atoms with Crippen LogP contribution in [0.5, 0.6) is 0 Å². The second-order valence-corrected chi connectivity index (χ2v) is 6.02. The summed E-state index contributed by atoms with van der Waals surface area (Å²) in [6.07, 6.45) is 2.75. The van der Waals surface area contributed by atoms with Gasteiger partial charge < -0.3 is 9.47 Å². The third kappa shape index (κ3) is 3.35. The molecular formula is C11H17N3O5S. The van der Waals surface area contributed by atoms with Crippen molar-refractivity contribution in [1.82, 2.24) is 14.9 Å². The van der Waals surface area contributed by atoms with Crippen molar-refractivity contribution in [2.75, 3.05) is 19.8 Å². The molecule has 1 atom stereocenters. The lowest BCUT2D eigenvalue weighted by molar-refractivity contribution is 0.0522. The molecule has 1 aliphatic heterocycles. The monoisotopic (exact) mass is 303 g/mol. The molecule has 0 aromatic carbocycles. The minimum atomic E-state index is -3.85. The van der Waals surface area contributed by atoms with Gasteiger partial charge in [-0.15, -0.1) is 0 Å². The predicted molar refractivity (Wildman–Crippen MR) is 68.7 cm³/mol. The Hall–Kier alpha value is -1.45. The average Bonchev–Trinajstić information content (AvgIpc) is 3.08. The molecule has 1 aliphatic rings. The molecule has 1 aromatic rings. The van der Waals surface area contributed by atoms with Crippen molar-refractivity contribution >= 4 is 16.0 Å². The van der Waals surface area contributed by atoms with Crippen LogP contribution < -0.4 is 4.72 Å². The topological polar surface area (TPSA) is 110 Å². The molecule has 0 saturated carbocycles. The first kappa shape index (κ1) is 14.9. The van der Waals surface area contributed by atoms with Gasteiger partial charge in [0, 0.05) is 13.2 Å². The zero-order chi connectivity index (χ0) is 14.6. The standard InChI is InChI=1S/C11H17N3O5S/c1-2-18-11(15)9-7-12-14-10(9)20(16,17)13-6-8-4-3-5-19-8/h7-8,13H,2-6H2,1H3,(H,12,14). The van der Waals surface area contributed by atoms with Crippen molar-refractivity contribution in [1.29, 1.82) is 0 Å². The van der Waals surface area contributed by atoms with Crippen LogP contribution >= 0.6 is 0 Å². The van der Waals surface area contributed by atoms with E-state index in [1.807, 2.05) is 0 Å². The van der Waals surface area contributed by atoms with Crippen LogP contribution in [0.3, 0.4) is 0 Å². The zero-order valence-electron chi connectivity index (χ0n) is 11.1. The largest absolute Gasteiger partial charge is 0.462 e. The number of nitrogens with one attached hydrogen (secondary N) is 2. The van der Waals surface area contributed by atoms with Gasteiger partial charge in [-0.25, -0.2) is 17.9 Å². The third-order valence-corrected chi connectivity index (χ3v) is 4.29. The van der Waals surface area contributed by atoms with Crippen LogP contribution in [0.15, 0.2) is 11.2 Å². The summed E-state index contributed by atoms with van der Waals surface area (Å²) in [5.41, 5.74) is -0.105. The second-order valence-electron chi connectivity index (χ2n) is 4.32. The molecule has 2 heterocycles. The first-order chi connectivity index (χ1) is 9.54. The fourth-order valence-electron chi connectivity index (χ4n) is 1.91. The predicted octanol–water partition coefficient (Wildman–Crippen LogP) is 0.0437. The van der Waals surface area contributed by atoms with Gasteiger partial charge in [0.25, 0.3) is 10.0 Å². The minimum absolute atomic E-state index is 0.105. The maximum Gasteiger partial charge on any atom is 0.342 e. The van der Waals surface area contributed by atoms with Crippen molar-refractivity contribution in [2.24, 2.45) is 0 Å². The number of nitrogens with zero attached hydrogens (tertiary/aromatic N) is 1. The van der Waals surface area contributed by atoms with Crippen molar-refractivity contribution in [3.8, 4) is 0 Å². The van der Waals surface area contributed by atoms with E-state index in [0.29, 0.717) is 6.61 Å². The highest BCUT2D eigenvalue weighted by Gasteiger charge is 2.27. The molecule has 0 spiro atoms. The Kier molecular flexibility index (Phi) is 4.73. The quantitative estimate of drug-likeness (QED) is 0.718. The Morgan fingerprint density at radius 3 is 3.10 bits per heavy atom. The maximum absolute atomic E-state index is 12.1. The molecule has 0 radical (unpaired) electrons. The number of hydrogen-bond acceptors (Lipinski definition) is 6. The average molecular weight is 303 g/mol. The Balaban J connectivity index is 2.09. The molecule has 0 amide bonds. The lowest BCUT2D eigenvalue weighted by Gasteiger charge is -2.11. The summed E-state index contributed by atoms with van der Waals surface area (Å²) in [5, 5.41) is 5.63. The van der Waals surface area contributed by atoms with Gasteiger partial charge >= 0.3 is 5.97 Å². The number of esters is 1. The Morgan fingerprint density at radius 1 is 1.65 bits per heavy atom. The maximum atomic E-state index is 12.1. The van der Waals surface area contributed by atoms with Gasteiger partial charge in [-0.1, -0.05) is 0 Å². The number of hydrogen-bond donors (Lipinski definition) is 2. The summed E-state index contributed by atoms with van der Waals surface area (Å²) >= 11 is 0. The summed E-state index contributed by atoms with van der Waals surface area (Å²) in [6.45, 7) is 2.61. The third-order valence-electron chi connectivity index (χ3n) is 2.89. The van der Waals surface area contributed by atoms with Crippen molar-refractivity contribution in [3.63, 3.8) is 0 Å². The molecule has 8 nitrogen and oxygen atoms in total. The summed E-state index contributed by atoms with van der Waals surface area (Å²) in [6, 6.07) is 0. The van der Waals surface area contributed by atoms with E-state index in [1.165, 1.54) is 0 Å². The normalized spacial score (nSPS) is 19.1. The number of aromatic amines is 1. The molecule has 20 heavy (non-hydrogen) atoms. The molecule has 112 valence electrons. The van der Waals surface area contributed by atoms with Gasteiger partial charge in [-0.3, -0.25) is 5.10 Å². The number of carbonyl (C=O) groups excluding carboxylic acids is 1. The highest BCUT2D eigenvalue weighted by Crippen LogP contribution is 2.15. The van der Waals surface area contributed by atoms with Gasteiger partial charge in [0.2, 0.25) is 0 Å². The second kappa shape index (κ2) is 6.33. The molecule has 1 saturated heterocycles. The van der Waals surface area contributed by atoms with E-state index in [4.69, 9.17) is 9.47 Å². The van der Waals surface area contributed by atoms with Crippen LogP contribution in [0.4, 0.5) is 0 Å². The van der Waals surface area contributed by atoms with Gasteiger partial charge in [-0.05, 0) is 19.8 Å². The first-order valence-electron chi connectivity index (χ1n) is 6.36. The number of carbonyl (C=O) groups is 1. The van der Waals surface area contributed by atoms with E-state index in [1.54, 1.807) is 6.92 Å². The Morgan fingerprint density at radius 2 is 2.45 bits per heavy atom. The van der Waals surface area contributed by atoms with Gasteiger partial charge in [0.05, 0.1) is 18.9 Å². The van der Waals surface area contributed by atoms with Crippen LogP contribution in [0.2, 0.25) is 0 Å². The van der Waals surface area contributed by atoms with E-state index >= 15 is 0 Å². The fourth-order valence-corrected chi connectivity index (χ4v) is 3.06. The number of rotatable bonds is 6. The molecule has 2 rings (SSSR count). The fraction of sp³-hybridized carbons (Fsp3) is 0.636. The van der Waals surface area contributed by atoms with Crippen molar-refractivity contribution in [2.45, 2.75) is 30.9 Å². The van der Waals surface area contributed by atoms with Crippen LogP contribution in [-0.4, -0.2) is 50.4 Å². The van der Waals surface area contributed by atoms with Crippen molar-refractivity contribution < 1.29 is 22.7 Å². The summed E-state index contributed by atoms with van der Waals surface area (Å²) in [4.78, 5) is 11.6. The van der Waals surface area contributed by atoms with Crippen LogP contribution in [0.25, 0.3) is 0 Å². The van der Waals surface area contributed by atoms with Gasteiger partial charge in [0.15, 0.2) is 5.03 Å². The summed E-state index contributed by atoms with van der Waals surface area (Å²) < 4.78 is 36.8. The number of H-pyrrole nitrogens is 1. The number of sulfonamides is 1. The van der Waals surface area contributed by atoms with E-state index in [9.17, 15) is 13.2 Å². The van der Waals surface area contributed by atoms with Crippen LogP contribution in [-0.2, 0) is 19.5 Å². The summed E-state index contributed by atoms with van der Waals surface area (Å²) in [5.74, 6) is -0.723. The van der Waals surface area contributed by atoms with Gasteiger partial charge in [-0.2, -0.15) is 5.10 Å². The van der Waals surface area contributed by atoms with Crippen LogP contribution in [0.1, 0.15) is 30.1 Å². The summed E-state index contributed by atoms with van der Waals surface area (Å²) in [7, 11) is -3.85. The molecule has 9 heteroatoms. The zero-order valence-corrected chi connectivity index (χ0v) is 11.9. The molecular weight excluding hydrogens is 286 g/mol.